The van der Waals surface area contributed by atoms with Crippen LogP contribution in [0.25, 0.3) is 0 Å². The molecule has 4 fully saturated rings. The molecule has 0 aromatic heterocycles. The summed E-state index contributed by atoms with van der Waals surface area (Å²) < 4.78 is 6.38. The van der Waals surface area contributed by atoms with E-state index in [4.69, 9.17) is 4.74 Å². The molecule has 2 unspecified atom stereocenters. The van der Waals surface area contributed by atoms with E-state index >= 15 is 0 Å². The zero-order chi connectivity index (χ0) is 28.3. The number of piperidine rings is 1. The summed E-state index contributed by atoms with van der Waals surface area (Å²) in [5, 5.41) is 14.8. The molecule has 2 amide bonds. The summed E-state index contributed by atoms with van der Waals surface area (Å²) in [6.45, 7) is 8.09. The highest BCUT2D eigenvalue weighted by molar-refractivity contribution is 5.86. The van der Waals surface area contributed by atoms with Gasteiger partial charge >= 0.3 is 0 Å². The van der Waals surface area contributed by atoms with Crippen LogP contribution in [-0.2, 0) is 20.7 Å². The molecule has 2 aliphatic heterocycles. The number of β-amino-alcohol motifs (C(OH)–C–C–N with tert-alkyl or cyclic N) is 1. The summed E-state index contributed by atoms with van der Waals surface area (Å²) in [5.74, 6) is 1.28. The fourth-order valence-corrected chi connectivity index (χ4v) is 7.79. The highest BCUT2D eigenvalue weighted by Crippen LogP contribution is 2.40. The Hall–Kier alpha value is -1.96. The molecule has 5 atom stereocenters. The Balaban J connectivity index is 1.32. The summed E-state index contributed by atoms with van der Waals surface area (Å²) in [6.07, 6.45) is 10.4. The van der Waals surface area contributed by atoms with Crippen LogP contribution in [-0.4, -0.2) is 82.3 Å². The molecule has 2 saturated carbocycles. The Bertz CT molecular complexity index is 1000. The molecule has 2 heterocycles. The van der Waals surface area contributed by atoms with Crippen molar-refractivity contribution < 1.29 is 19.4 Å². The van der Waals surface area contributed by atoms with E-state index in [-0.39, 0.29) is 36.0 Å². The Morgan fingerprint density at radius 3 is 2.45 bits per heavy atom. The number of carbonyl (C=O) groups excluding carboxylic acids is 2. The molecule has 2 N–H and O–H groups in total. The molecule has 40 heavy (non-hydrogen) atoms. The molecular formula is C33H51N3O4. The van der Waals surface area contributed by atoms with E-state index < -0.39 is 11.7 Å². The molecule has 7 heteroatoms. The molecule has 5 rings (SSSR count). The lowest BCUT2D eigenvalue weighted by atomic mass is 9.72. The Kier molecular flexibility index (Phi) is 9.23. The summed E-state index contributed by atoms with van der Waals surface area (Å²) in [5.41, 5.74) is 0.131. The number of hydrogen-bond donors (Lipinski definition) is 2. The summed E-state index contributed by atoms with van der Waals surface area (Å²) in [6, 6.07) is 9.90. The van der Waals surface area contributed by atoms with Crippen molar-refractivity contribution in [1.82, 2.24) is 15.1 Å². The second-order valence-electron chi connectivity index (χ2n) is 14.1. The fourth-order valence-electron chi connectivity index (χ4n) is 7.79. The number of benzene rings is 1. The van der Waals surface area contributed by atoms with Gasteiger partial charge in [0.2, 0.25) is 5.91 Å². The van der Waals surface area contributed by atoms with Gasteiger partial charge in [-0.15, -0.1) is 0 Å². The van der Waals surface area contributed by atoms with Gasteiger partial charge in [0, 0.05) is 25.2 Å². The van der Waals surface area contributed by atoms with Gasteiger partial charge in [0.05, 0.1) is 24.8 Å². The largest absolute Gasteiger partial charge is 0.390 e. The van der Waals surface area contributed by atoms with Gasteiger partial charge < -0.3 is 20.1 Å². The van der Waals surface area contributed by atoms with Crippen molar-refractivity contribution in [3.63, 3.8) is 0 Å². The molecule has 1 aromatic rings. The maximum Gasteiger partial charge on any atom is 0.255 e. The molecule has 2 saturated heterocycles. The first-order valence-corrected chi connectivity index (χ1v) is 15.9. The first-order valence-electron chi connectivity index (χ1n) is 15.9. The second kappa shape index (κ2) is 12.5. The van der Waals surface area contributed by atoms with Crippen LogP contribution >= 0.6 is 0 Å². The first-order chi connectivity index (χ1) is 19.1. The monoisotopic (exact) mass is 553 g/mol. The molecule has 1 spiro atoms. The van der Waals surface area contributed by atoms with Crippen LogP contribution in [0, 0.1) is 11.8 Å². The van der Waals surface area contributed by atoms with E-state index in [1.165, 1.54) is 31.2 Å². The van der Waals surface area contributed by atoms with Crippen LogP contribution in [0.1, 0.15) is 90.5 Å². The van der Waals surface area contributed by atoms with Gasteiger partial charge in [-0.3, -0.25) is 14.5 Å². The minimum absolute atomic E-state index is 0.0476. The zero-order valence-corrected chi connectivity index (χ0v) is 24.9. The number of nitrogens with zero attached hydrogens (tertiary/aromatic N) is 2. The number of nitrogens with one attached hydrogen (secondary N) is 1. The van der Waals surface area contributed by atoms with E-state index in [0.717, 1.165) is 45.1 Å². The number of aliphatic hydroxyl groups is 1. The Labute approximate surface area is 241 Å². The first kappa shape index (κ1) is 29.5. The third-order valence-corrected chi connectivity index (χ3v) is 9.77. The van der Waals surface area contributed by atoms with E-state index in [1.807, 2.05) is 43.9 Å². The molecule has 4 aliphatic rings. The van der Waals surface area contributed by atoms with Crippen molar-refractivity contribution in [2.75, 3.05) is 26.2 Å². The van der Waals surface area contributed by atoms with Crippen molar-refractivity contribution in [1.29, 1.82) is 0 Å². The topological polar surface area (TPSA) is 82.1 Å². The quantitative estimate of drug-likeness (QED) is 0.526. The molecule has 222 valence electrons. The molecular weight excluding hydrogens is 502 g/mol. The van der Waals surface area contributed by atoms with Crippen molar-refractivity contribution in [2.24, 2.45) is 11.8 Å². The highest BCUT2D eigenvalue weighted by atomic mass is 16.5. The third kappa shape index (κ3) is 6.91. The maximum absolute atomic E-state index is 14.1. The van der Waals surface area contributed by atoms with Gasteiger partial charge in [0.1, 0.15) is 5.60 Å². The van der Waals surface area contributed by atoms with Crippen LogP contribution in [0.3, 0.4) is 0 Å². The Morgan fingerprint density at radius 2 is 1.75 bits per heavy atom. The van der Waals surface area contributed by atoms with Crippen LogP contribution in [0.5, 0.6) is 0 Å². The van der Waals surface area contributed by atoms with Crippen LogP contribution < -0.4 is 5.32 Å². The maximum atomic E-state index is 14.1. The van der Waals surface area contributed by atoms with Crippen LogP contribution in [0.4, 0.5) is 0 Å². The number of likely N-dealkylation sites (tertiary alicyclic amines) is 1. The smallest absolute Gasteiger partial charge is 0.255 e. The average molecular weight is 554 g/mol. The molecule has 2 aliphatic carbocycles. The molecule has 0 bridgehead atoms. The lowest BCUT2D eigenvalue weighted by Gasteiger charge is -2.49. The minimum atomic E-state index is -0.735. The fraction of sp³-hybridized carbons (Fsp3) is 0.758. The minimum Gasteiger partial charge on any atom is -0.390 e. The van der Waals surface area contributed by atoms with Gasteiger partial charge in [0.15, 0.2) is 0 Å². The van der Waals surface area contributed by atoms with E-state index in [2.05, 4.69) is 22.3 Å². The average Bonchev–Trinajstić information content (AvgIpc) is 2.93. The SMILES string of the molecule is CC(C)(C)NC(=O)C1C[C@@H]2CCCC[C@@H]2CN1CC(O)CN1C(=O)C2(CCCCC2)OC[C@@H]1Cc1ccccc1. The lowest BCUT2D eigenvalue weighted by molar-refractivity contribution is -0.188. The van der Waals surface area contributed by atoms with Gasteiger partial charge in [-0.2, -0.15) is 0 Å². The second-order valence-corrected chi connectivity index (χ2v) is 14.1. The van der Waals surface area contributed by atoms with Crippen molar-refractivity contribution >= 4 is 11.8 Å². The third-order valence-electron chi connectivity index (χ3n) is 9.77. The van der Waals surface area contributed by atoms with Gasteiger partial charge in [-0.25, -0.2) is 0 Å². The van der Waals surface area contributed by atoms with Gasteiger partial charge in [-0.05, 0) is 70.3 Å². The number of fused-ring (bicyclic) bond motifs is 1. The van der Waals surface area contributed by atoms with E-state index in [9.17, 15) is 14.7 Å². The molecule has 1 aromatic carbocycles. The lowest BCUT2D eigenvalue weighted by Crippen LogP contribution is -2.64. The number of ether oxygens (including phenoxy) is 1. The number of carbonyl (C=O) groups is 2. The normalized spacial score (nSPS) is 30.1. The summed E-state index contributed by atoms with van der Waals surface area (Å²) in [4.78, 5) is 31.7. The summed E-state index contributed by atoms with van der Waals surface area (Å²) >= 11 is 0. The van der Waals surface area contributed by atoms with E-state index in [1.54, 1.807) is 0 Å². The van der Waals surface area contributed by atoms with Crippen molar-refractivity contribution in [3.8, 4) is 0 Å². The predicted octanol–water partition coefficient (Wildman–Crippen LogP) is 4.32. The van der Waals surface area contributed by atoms with E-state index in [0.29, 0.717) is 31.4 Å². The Morgan fingerprint density at radius 1 is 1.05 bits per heavy atom. The van der Waals surface area contributed by atoms with Crippen LogP contribution in [0.2, 0.25) is 0 Å². The number of hydrogen-bond acceptors (Lipinski definition) is 5. The van der Waals surface area contributed by atoms with Gasteiger partial charge in [-0.1, -0.05) is 68.9 Å². The molecule has 0 radical (unpaired) electrons. The number of amides is 2. The molecule has 7 nitrogen and oxygen atoms in total. The predicted molar refractivity (Wildman–Crippen MR) is 157 cm³/mol. The van der Waals surface area contributed by atoms with Gasteiger partial charge in [0.25, 0.3) is 5.91 Å². The standard InChI is InChI=1S/C33H51N3O4/c1-32(2,3)34-30(38)29-19-25-14-8-9-15-26(25)20-35(29)21-28(37)22-36-27(18-24-12-6-4-7-13-24)23-40-33(31(36)39)16-10-5-11-17-33/h4,6-7,12-13,25-29,37H,5,8-11,14-23H2,1-3H3,(H,34,38)/t25-,26+,27-,28?,29?/m0/s1. The number of aliphatic hydroxyl groups excluding tert-OH is 1. The number of morpholine rings is 1. The van der Waals surface area contributed by atoms with Crippen molar-refractivity contribution in [3.05, 3.63) is 35.9 Å². The highest BCUT2D eigenvalue weighted by Gasteiger charge is 2.49. The summed E-state index contributed by atoms with van der Waals surface area (Å²) in [7, 11) is 0. The van der Waals surface area contributed by atoms with Crippen molar-refractivity contribution in [2.45, 2.75) is 121 Å². The zero-order valence-electron chi connectivity index (χ0n) is 24.9. The number of rotatable bonds is 7. The van der Waals surface area contributed by atoms with Crippen LogP contribution in [0.15, 0.2) is 30.3 Å².